The number of aromatic nitrogens is 2. The van der Waals surface area contributed by atoms with Crippen molar-refractivity contribution in [2.24, 2.45) is 0 Å². The third-order valence-electron chi connectivity index (χ3n) is 1.32. The van der Waals surface area contributed by atoms with Crippen LogP contribution in [0.25, 0.3) is 0 Å². The highest BCUT2D eigenvalue weighted by Crippen LogP contribution is 2.06. The van der Waals surface area contributed by atoms with Gasteiger partial charge in [-0.3, -0.25) is 4.79 Å². The molecule has 1 heterocycles. The van der Waals surface area contributed by atoms with Crippen LogP contribution in [0, 0.1) is 0 Å². The monoisotopic (exact) mass is 172 g/mol. The summed E-state index contributed by atoms with van der Waals surface area (Å²) in [6.45, 7) is 3.90. The highest BCUT2D eigenvalue weighted by molar-refractivity contribution is 6.30. The van der Waals surface area contributed by atoms with Crippen molar-refractivity contribution < 1.29 is 0 Å². The lowest BCUT2D eigenvalue weighted by Crippen LogP contribution is -2.11. The predicted molar refractivity (Wildman–Crippen MR) is 44.0 cm³/mol. The van der Waals surface area contributed by atoms with E-state index >= 15 is 0 Å². The van der Waals surface area contributed by atoms with Crippen molar-refractivity contribution in [2.45, 2.75) is 19.8 Å². The smallest absolute Gasteiger partial charge is 0.269 e. The Labute approximate surface area is 69.4 Å². The molecule has 11 heavy (non-hydrogen) atoms. The van der Waals surface area contributed by atoms with E-state index in [1.807, 2.05) is 13.8 Å². The average Bonchev–Trinajstić information content (AvgIpc) is 1.94. The van der Waals surface area contributed by atoms with Gasteiger partial charge in [-0.1, -0.05) is 25.4 Å². The van der Waals surface area contributed by atoms with Gasteiger partial charge in [-0.05, 0) is 0 Å². The van der Waals surface area contributed by atoms with Crippen molar-refractivity contribution in [3.8, 4) is 0 Å². The van der Waals surface area contributed by atoms with Crippen LogP contribution in [0.5, 0.6) is 0 Å². The summed E-state index contributed by atoms with van der Waals surface area (Å²) in [6.07, 6.45) is 1.37. The molecule has 0 saturated heterocycles. The van der Waals surface area contributed by atoms with Crippen molar-refractivity contribution in [2.75, 3.05) is 0 Å². The lowest BCUT2D eigenvalue weighted by molar-refractivity contribution is 0.766. The molecular formula is C7H9ClN2O. The van der Waals surface area contributed by atoms with Gasteiger partial charge in [0.05, 0.1) is 6.20 Å². The molecule has 0 bridgehead atoms. The molecule has 0 saturated carbocycles. The summed E-state index contributed by atoms with van der Waals surface area (Å²) < 4.78 is 0. The van der Waals surface area contributed by atoms with Crippen LogP contribution in [-0.2, 0) is 0 Å². The number of halogens is 1. The van der Waals surface area contributed by atoms with Crippen molar-refractivity contribution in [1.82, 2.24) is 9.97 Å². The van der Waals surface area contributed by atoms with Crippen molar-refractivity contribution in [1.29, 1.82) is 0 Å². The van der Waals surface area contributed by atoms with E-state index in [1.165, 1.54) is 6.20 Å². The second-order valence-electron chi connectivity index (χ2n) is 2.60. The Balaban J connectivity index is 3.16. The van der Waals surface area contributed by atoms with Crippen LogP contribution in [0.15, 0.2) is 11.0 Å². The quantitative estimate of drug-likeness (QED) is 0.699. The minimum absolute atomic E-state index is 0.134. The van der Waals surface area contributed by atoms with Gasteiger partial charge in [0.25, 0.3) is 5.56 Å². The normalized spacial score (nSPS) is 10.5. The van der Waals surface area contributed by atoms with E-state index in [4.69, 9.17) is 11.6 Å². The van der Waals surface area contributed by atoms with Crippen LogP contribution >= 0.6 is 11.6 Å². The van der Waals surface area contributed by atoms with E-state index in [9.17, 15) is 4.79 Å². The molecule has 4 heteroatoms. The fraction of sp³-hybridized carbons (Fsp3) is 0.429. The number of rotatable bonds is 1. The van der Waals surface area contributed by atoms with Crippen molar-refractivity contribution >= 4 is 11.6 Å². The van der Waals surface area contributed by atoms with Crippen LogP contribution in [0.4, 0.5) is 0 Å². The first-order valence-electron chi connectivity index (χ1n) is 3.36. The molecule has 60 valence electrons. The van der Waals surface area contributed by atoms with E-state index in [2.05, 4.69) is 9.97 Å². The van der Waals surface area contributed by atoms with Gasteiger partial charge in [-0.2, -0.15) is 0 Å². The summed E-state index contributed by atoms with van der Waals surface area (Å²) in [5, 5.41) is 0.134. The molecule has 0 unspecified atom stereocenters. The minimum Gasteiger partial charge on any atom is -0.309 e. The standard InChI is InChI=1S/C7H9ClN2O/c1-4(2)6-9-3-5(8)7(11)10-6/h3-4H,1-2H3,(H,9,10,11). The topological polar surface area (TPSA) is 45.8 Å². The van der Waals surface area contributed by atoms with E-state index in [1.54, 1.807) is 0 Å². The average molecular weight is 173 g/mol. The summed E-state index contributed by atoms with van der Waals surface area (Å²) in [5.74, 6) is 0.888. The fourth-order valence-electron chi connectivity index (χ4n) is 0.687. The molecule has 0 atom stereocenters. The molecule has 0 amide bonds. The largest absolute Gasteiger partial charge is 0.309 e. The van der Waals surface area contributed by atoms with Crippen LogP contribution < -0.4 is 5.56 Å². The second-order valence-corrected chi connectivity index (χ2v) is 3.01. The molecule has 1 rings (SSSR count). The van der Waals surface area contributed by atoms with Crippen LogP contribution in [-0.4, -0.2) is 9.97 Å². The molecule has 1 aromatic rings. The number of nitrogens with zero attached hydrogens (tertiary/aromatic N) is 1. The fourth-order valence-corrected chi connectivity index (χ4v) is 0.783. The Bertz CT molecular complexity index is 306. The molecule has 0 aliphatic heterocycles. The number of nitrogens with one attached hydrogen (secondary N) is 1. The van der Waals surface area contributed by atoms with Gasteiger partial charge in [0.15, 0.2) is 0 Å². The van der Waals surface area contributed by atoms with E-state index in [0.29, 0.717) is 5.82 Å². The third kappa shape index (κ3) is 1.80. The molecule has 0 radical (unpaired) electrons. The Kier molecular flexibility index (Phi) is 2.29. The zero-order valence-electron chi connectivity index (χ0n) is 6.39. The maximum Gasteiger partial charge on any atom is 0.269 e. The summed E-state index contributed by atoms with van der Waals surface area (Å²) in [5.41, 5.74) is -0.273. The number of H-pyrrole nitrogens is 1. The van der Waals surface area contributed by atoms with Gasteiger partial charge in [0.2, 0.25) is 0 Å². The number of hydrogen-bond donors (Lipinski definition) is 1. The maximum absolute atomic E-state index is 10.9. The molecule has 3 nitrogen and oxygen atoms in total. The first-order valence-corrected chi connectivity index (χ1v) is 3.73. The molecule has 1 aromatic heterocycles. The van der Waals surface area contributed by atoms with Crippen LogP contribution in [0.1, 0.15) is 25.6 Å². The molecule has 0 spiro atoms. The molecule has 0 aliphatic rings. The molecular weight excluding hydrogens is 164 g/mol. The van der Waals surface area contributed by atoms with Gasteiger partial charge in [-0.25, -0.2) is 4.98 Å². The summed E-state index contributed by atoms with van der Waals surface area (Å²) in [7, 11) is 0. The summed E-state index contributed by atoms with van der Waals surface area (Å²) in [4.78, 5) is 17.4. The molecule has 1 N–H and O–H groups in total. The van der Waals surface area contributed by atoms with Crippen LogP contribution in [0.3, 0.4) is 0 Å². The lowest BCUT2D eigenvalue weighted by atomic mass is 10.2. The minimum atomic E-state index is -0.273. The van der Waals surface area contributed by atoms with Gasteiger partial charge < -0.3 is 4.98 Å². The Morgan fingerprint density at radius 1 is 1.64 bits per heavy atom. The predicted octanol–water partition coefficient (Wildman–Crippen LogP) is 1.55. The zero-order chi connectivity index (χ0) is 8.43. The van der Waals surface area contributed by atoms with E-state index in [0.717, 1.165) is 0 Å². The molecule has 0 aliphatic carbocycles. The Hall–Kier alpha value is -0.830. The van der Waals surface area contributed by atoms with E-state index in [-0.39, 0.29) is 16.5 Å². The molecule has 0 aromatic carbocycles. The number of hydrogen-bond acceptors (Lipinski definition) is 2. The van der Waals surface area contributed by atoms with Gasteiger partial charge in [0.1, 0.15) is 10.8 Å². The first kappa shape index (κ1) is 8.27. The third-order valence-corrected chi connectivity index (χ3v) is 1.59. The Morgan fingerprint density at radius 2 is 2.27 bits per heavy atom. The summed E-state index contributed by atoms with van der Waals surface area (Å²) in [6, 6.07) is 0. The Morgan fingerprint density at radius 3 is 2.73 bits per heavy atom. The maximum atomic E-state index is 10.9. The van der Waals surface area contributed by atoms with Gasteiger partial charge in [-0.15, -0.1) is 0 Å². The van der Waals surface area contributed by atoms with Gasteiger partial charge in [0, 0.05) is 5.92 Å². The van der Waals surface area contributed by atoms with Crippen LogP contribution in [0.2, 0.25) is 5.02 Å². The van der Waals surface area contributed by atoms with E-state index < -0.39 is 0 Å². The number of aromatic amines is 1. The van der Waals surface area contributed by atoms with Crippen molar-refractivity contribution in [3.05, 3.63) is 27.4 Å². The highest BCUT2D eigenvalue weighted by atomic mass is 35.5. The second kappa shape index (κ2) is 3.05. The SMILES string of the molecule is CC(C)c1ncc(Cl)c(=O)[nH]1. The lowest BCUT2D eigenvalue weighted by Gasteiger charge is -2.01. The summed E-state index contributed by atoms with van der Waals surface area (Å²) >= 11 is 5.48. The van der Waals surface area contributed by atoms with Gasteiger partial charge >= 0.3 is 0 Å². The van der Waals surface area contributed by atoms with Crippen molar-refractivity contribution in [3.63, 3.8) is 0 Å². The zero-order valence-corrected chi connectivity index (χ0v) is 7.14. The highest BCUT2D eigenvalue weighted by Gasteiger charge is 2.02. The molecule has 0 fully saturated rings. The first-order chi connectivity index (χ1) is 5.11.